The van der Waals surface area contributed by atoms with Crippen molar-refractivity contribution in [3.05, 3.63) is 0 Å². The van der Waals surface area contributed by atoms with Crippen molar-refractivity contribution in [2.75, 3.05) is 13.1 Å². The Bertz CT molecular complexity index is 169. The lowest BCUT2D eigenvalue weighted by molar-refractivity contribution is -0.138. The van der Waals surface area contributed by atoms with E-state index in [2.05, 4.69) is 0 Å². The Morgan fingerprint density at radius 2 is 1.91 bits per heavy atom. The Hall–Kier alpha value is -1.08. The van der Waals surface area contributed by atoms with Crippen molar-refractivity contribution in [3.63, 3.8) is 0 Å². The van der Waals surface area contributed by atoms with E-state index in [4.69, 9.17) is 5.26 Å². The number of nitrogens with zero attached hydrogens (tertiary/aromatic N) is 3. The number of carbonyl (C=O) groups excluding carboxylic acids is 1. The largest absolute Gasteiger partial charge is 0.273 e. The summed E-state index contributed by atoms with van der Waals surface area (Å²) < 4.78 is 0. The highest BCUT2D eigenvalue weighted by atomic mass is 16.2. The number of carbonyl (C=O) groups is 1. The molecule has 0 aliphatic carbocycles. The van der Waals surface area contributed by atoms with Gasteiger partial charge >= 0.3 is 0 Å². The number of hydrogen-bond donors (Lipinski definition) is 0. The van der Waals surface area contributed by atoms with Crippen molar-refractivity contribution in [3.8, 4) is 6.19 Å². The number of rotatable bonds is 3. The van der Waals surface area contributed by atoms with E-state index >= 15 is 0 Å². The molecule has 0 heterocycles. The minimum Gasteiger partial charge on any atom is -0.273 e. The number of amides is 1. The Morgan fingerprint density at radius 1 is 1.45 bits per heavy atom. The SMILES string of the molecule is CCN(CC)N(C#N)C(C)=O. The molecular formula is C7H13N3O. The Balaban J connectivity index is 4.24. The molecule has 0 unspecified atom stereocenters. The molecule has 0 bridgehead atoms. The van der Waals surface area contributed by atoms with E-state index < -0.39 is 0 Å². The number of nitriles is 1. The Kier molecular flexibility index (Phi) is 4.23. The maximum Gasteiger partial charge on any atom is 0.247 e. The normalized spacial score (nSPS) is 9.36. The summed E-state index contributed by atoms with van der Waals surface area (Å²) in [5, 5.41) is 11.3. The van der Waals surface area contributed by atoms with E-state index in [0.29, 0.717) is 13.1 Å². The zero-order chi connectivity index (χ0) is 8.85. The predicted molar refractivity (Wildman–Crippen MR) is 41.1 cm³/mol. The van der Waals surface area contributed by atoms with Crippen LogP contribution in [0.3, 0.4) is 0 Å². The van der Waals surface area contributed by atoms with Gasteiger partial charge in [-0.3, -0.25) is 4.79 Å². The maximum absolute atomic E-state index is 10.8. The molecule has 1 amide bonds. The van der Waals surface area contributed by atoms with Gasteiger partial charge in [0, 0.05) is 20.0 Å². The molecule has 0 aromatic rings. The molecule has 0 saturated carbocycles. The topological polar surface area (TPSA) is 47.3 Å². The van der Waals surface area contributed by atoms with Crippen LogP contribution in [0.15, 0.2) is 0 Å². The monoisotopic (exact) mass is 155 g/mol. The van der Waals surface area contributed by atoms with Crippen LogP contribution in [-0.4, -0.2) is 29.0 Å². The molecule has 0 aliphatic rings. The van der Waals surface area contributed by atoms with E-state index in [9.17, 15) is 4.79 Å². The summed E-state index contributed by atoms with van der Waals surface area (Å²) >= 11 is 0. The first-order valence-corrected chi connectivity index (χ1v) is 3.62. The van der Waals surface area contributed by atoms with E-state index in [0.717, 1.165) is 5.01 Å². The zero-order valence-electron chi connectivity index (χ0n) is 7.16. The molecule has 0 aromatic heterocycles. The molecule has 4 nitrogen and oxygen atoms in total. The van der Waals surface area contributed by atoms with Crippen molar-refractivity contribution in [1.29, 1.82) is 5.26 Å². The maximum atomic E-state index is 10.8. The van der Waals surface area contributed by atoms with Gasteiger partial charge in [0.2, 0.25) is 12.1 Å². The molecule has 0 N–H and O–H groups in total. The number of hydrazine groups is 1. The van der Waals surface area contributed by atoms with E-state index in [-0.39, 0.29) is 5.91 Å². The average molecular weight is 155 g/mol. The summed E-state index contributed by atoms with van der Waals surface area (Å²) in [5.41, 5.74) is 0. The standard InChI is InChI=1S/C7H13N3O/c1-4-9(5-2)10(6-8)7(3)11/h4-5H2,1-3H3. The second kappa shape index (κ2) is 4.69. The van der Waals surface area contributed by atoms with Gasteiger partial charge in [-0.1, -0.05) is 13.8 Å². The predicted octanol–water partition coefficient (Wildman–Crippen LogP) is 0.573. The summed E-state index contributed by atoms with van der Waals surface area (Å²) in [6.07, 6.45) is 1.81. The average Bonchev–Trinajstić information content (AvgIpc) is 1.99. The van der Waals surface area contributed by atoms with Crippen LogP contribution in [0.2, 0.25) is 0 Å². The molecule has 0 atom stereocenters. The molecule has 62 valence electrons. The van der Waals surface area contributed by atoms with Gasteiger partial charge < -0.3 is 0 Å². The highest BCUT2D eigenvalue weighted by molar-refractivity contribution is 5.74. The van der Waals surface area contributed by atoms with Gasteiger partial charge in [0.25, 0.3) is 0 Å². The van der Waals surface area contributed by atoms with Crippen molar-refractivity contribution < 1.29 is 4.79 Å². The third-order valence-corrected chi connectivity index (χ3v) is 1.41. The van der Waals surface area contributed by atoms with Crippen molar-refractivity contribution >= 4 is 5.91 Å². The third kappa shape index (κ3) is 2.56. The van der Waals surface area contributed by atoms with Gasteiger partial charge in [0.05, 0.1) is 0 Å². The molecular weight excluding hydrogens is 142 g/mol. The van der Waals surface area contributed by atoms with Crippen LogP contribution in [0.25, 0.3) is 0 Å². The van der Waals surface area contributed by atoms with Crippen LogP contribution < -0.4 is 0 Å². The van der Waals surface area contributed by atoms with Crippen LogP contribution in [0.4, 0.5) is 0 Å². The van der Waals surface area contributed by atoms with Gasteiger partial charge in [0.15, 0.2) is 0 Å². The van der Waals surface area contributed by atoms with E-state index in [1.807, 2.05) is 20.0 Å². The Morgan fingerprint density at radius 3 is 2.00 bits per heavy atom. The smallest absolute Gasteiger partial charge is 0.247 e. The number of hydrogen-bond acceptors (Lipinski definition) is 3. The minimum absolute atomic E-state index is 0.240. The lowest BCUT2D eigenvalue weighted by Gasteiger charge is -2.24. The van der Waals surface area contributed by atoms with Crippen LogP contribution in [0.1, 0.15) is 20.8 Å². The highest BCUT2D eigenvalue weighted by Gasteiger charge is 2.13. The second-order valence-electron chi connectivity index (χ2n) is 2.07. The first kappa shape index (κ1) is 9.92. The molecule has 0 rings (SSSR count). The quantitative estimate of drug-likeness (QED) is 0.340. The molecule has 11 heavy (non-hydrogen) atoms. The molecule has 4 heteroatoms. The highest BCUT2D eigenvalue weighted by Crippen LogP contribution is 1.95. The zero-order valence-corrected chi connectivity index (χ0v) is 7.16. The van der Waals surface area contributed by atoms with Gasteiger partial charge in [-0.2, -0.15) is 10.3 Å². The lowest BCUT2D eigenvalue weighted by Crippen LogP contribution is -2.41. The van der Waals surface area contributed by atoms with E-state index in [1.165, 1.54) is 6.92 Å². The van der Waals surface area contributed by atoms with Gasteiger partial charge in [-0.25, -0.2) is 5.01 Å². The fourth-order valence-electron chi connectivity index (χ4n) is 0.839. The first-order valence-electron chi connectivity index (χ1n) is 3.62. The summed E-state index contributed by atoms with van der Waals surface area (Å²) in [6, 6.07) is 0. The van der Waals surface area contributed by atoms with Crippen LogP contribution >= 0.6 is 0 Å². The van der Waals surface area contributed by atoms with E-state index in [1.54, 1.807) is 5.01 Å². The van der Waals surface area contributed by atoms with Crippen LogP contribution in [0, 0.1) is 11.5 Å². The van der Waals surface area contributed by atoms with Crippen LogP contribution in [0.5, 0.6) is 0 Å². The Labute approximate surface area is 67.0 Å². The lowest BCUT2D eigenvalue weighted by atomic mass is 10.6. The van der Waals surface area contributed by atoms with Gasteiger partial charge in [0.1, 0.15) is 0 Å². The summed E-state index contributed by atoms with van der Waals surface area (Å²) in [5.74, 6) is -0.240. The summed E-state index contributed by atoms with van der Waals surface area (Å²) in [7, 11) is 0. The minimum atomic E-state index is -0.240. The molecule has 0 aromatic carbocycles. The summed E-state index contributed by atoms with van der Waals surface area (Å²) in [4.78, 5) is 10.8. The molecule has 0 saturated heterocycles. The summed E-state index contributed by atoms with van der Waals surface area (Å²) in [6.45, 7) is 6.52. The van der Waals surface area contributed by atoms with Crippen LogP contribution in [-0.2, 0) is 4.79 Å². The van der Waals surface area contributed by atoms with Gasteiger partial charge in [-0.05, 0) is 0 Å². The van der Waals surface area contributed by atoms with Crippen molar-refractivity contribution in [1.82, 2.24) is 10.0 Å². The van der Waals surface area contributed by atoms with Crippen molar-refractivity contribution in [2.24, 2.45) is 0 Å². The molecule has 0 aliphatic heterocycles. The molecule has 0 spiro atoms. The van der Waals surface area contributed by atoms with Gasteiger partial charge in [-0.15, -0.1) is 0 Å². The molecule has 0 radical (unpaired) electrons. The van der Waals surface area contributed by atoms with Crippen molar-refractivity contribution in [2.45, 2.75) is 20.8 Å². The fourth-order valence-corrected chi connectivity index (χ4v) is 0.839. The molecule has 0 fully saturated rings. The first-order chi connectivity index (χ1) is 5.17. The second-order valence-corrected chi connectivity index (χ2v) is 2.07. The third-order valence-electron chi connectivity index (χ3n) is 1.41. The fraction of sp³-hybridized carbons (Fsp3) is 0.714.